The number of nitrogens with one attached hydrogen (secondary N) is 1. The van der Waals surface area contributed by atoms with Crippen LogP contribution in [-0.2, 0) is 17.6 Å². The lowest BCUT2D eigenvalue weighted by molar-refractivity contribution is -0.121. The number of halogens is 1. The lowest BCUT2D eigenvalue weighted by Gasteiger charge is -2.15. The normalized spacial score (nSPS) is 13.7. The van der Waals surface area contributed by atoms with Crippen LogP contribution in [0.15, 0.2) is 40.9 Å². The van der Waals surface area contributed by atoms with E-state index in [0.29, 0.717) is 0 Å². The Labute approximate surface area is 168 Å². The summed E-state index contributed by atoms with van der Waals surface area (Å²) in [6.45, 7) is 1.93. The number of Topliss-reactive ketones (excluding diaryl/α,β-unsaturated/α-hetero) is 1. The monoisotopic (exact) mass is 429 g/mol. The summed E-state index contributed by atoms with van der Waals surface area (Å²) in [6, 6.07) is 11.5. The fraction of sp³-hybridized carbons (Fsp3) is 0.364. The van der Waals surface area contributed by atoms with Crippen molar-refractivity contribution >= 4 is 27.6 Å². The summed E-state index contributed by atoms with van der Waals surface area (Å²) in [6.07, 6.45) is 3.73. The lowest BCUT2D eigenvalue weighted by Crippen LogP contribution is -2.27. The third-order valence-electron chi connectivity index (χ3n) is 5.05. The summed E-state index contributed by atoms with van der Waals surface area (Å²) in [4.78, 5) is 24.7. The van der Waals surface area contributed by atoms with E-state index >= 15 is 0 Å². The van der Waals surface area contributed by atoms with Crippen LogP contribution in [0.2, 0.25) is 0 Å². The molecule has 1 aliphatic rings. The first-order chi connectivity index (χ1) is 13.0. The van der Waals surface area contributed by atoms with E-state index in [-0.39, 0.29) is 30.6 Å². The van der Waals surface area contributed by atoms with E-state index in [2.05, 4.69) is 27.3 Å². The van der Waals surface area contributed by atoms with Crippen LogP contribution in [0.3, 0.4) is 0 Å². The molecule has 1 aliphatic carbocycles. The molecule has 0 bridgehead atoms. The Hall–Kier alpha value is -2.14. The molecule has 3 rings (SSSR count). The molecule has 0 saturated heterocycles. The highest BCUT2D eigenvalue weighted by atomic mass is 79.9. The number of hydrogen-bond acceptors (Lipinski definition) is 3. The van der Waals surface area contributed by atoms with Gasteiger partial charge in [0.2, 0.25) is 5.91 Å². The first-order valence-corrected chi connectivity index (χ1v) is 10.0. The van der Waals surface area contributed by atoms with Crippen LogP contribution in [0.1, 0.15) is 59.3 Å². The summed E-state index contributed by atoms with van der Waals surface area (Å²) in [5, 5.41) is 2.96. The van der Waals surface area contributed by atoms with Crippen LogP contribution in [0.5, 0.6) is 5.75 Å². The zero-order chi connectivity index (χ0) is 19.4. The minimum Gasteiger partial charge on any atom is -0.496 e. The van der Waals surface area contributed by atoms with Crippen molar-refractivity contribution < 1.29 is 14.3 Å². The van der Waals surface area contributed by atoms with Crippen molar-refractivity contribution in [2.24, 2.45) is 0 Å². The molecule has 1 unspecified atom stereocenters. The maximum atomic E-state index is 12.4. The van der Waals surface area contributed by atoms with Gasteiger partial charge in [0.15, 0.2) is 5.78 Å². The molecule has 5 heteroatoms. The highest BCUT2D eigenvalue weighted by molar-refractivity contribution is 9.10. The predicted molar refractivity (Wildman–Crippen MR) is 109 cm³/mol. The fourth-order valence-corrected chi connectivity index (χ4v) is 4.02. The minimum atomic E-state index is -0.144. The SMILES string of the molecule is COc1ccc(C(C)NC(=O)CCC(=O)c2ccc3c(c2)CCC3)cc1Br. The van der Waals surface area contributed by atoms with Gasteiger partial charge in [0.25, 0.3) is 0 Å². The van der Waals surface area contributed by atoms with E-state index in [1.54, 1.807) is 7.11 Å². The van der Waals surface area contributed by atoms with Gasteiger partial charge in [-0.05, 0) is 77.0 Å². The average molecular weight is 430 g/mol. The molecule has 1 N–H and O–H groups in total. The van der Waals surface area contributed by atoms with Crippen molar-refractivity contribution in [2.75, 3.05) is 7.11 Å². The summed E-state index contributed by atoms with van der Waals surface area (Å²) < 4.78 is 6.07. The van der Waals surface area contributed by atoms with E-state index in [0.717, 1.165) is 40.6 Å². The Balaban J connectivity index is 1.53. The van der Waals surface area contributed by atoms with Gasteiger partial charge in [0.1, 0.15) is 5.75 Å². The number of rotatable bonds is 7. The number of ketones is 1. The van der Waals surface area contributed by atoms with Crippen LogP contribution in [0.4, 0.5) is 0 Å². The van der Waals surface area contributed by atoms with E-state index < -0.39 is 0 Å². The number of amides is 1. The molecule has 4 nitrogen and oxygen atoms in total. The minimum absolute atomic E-state index is 0.0275. The molecule has 1 atom stereocenters. The molecule has 0 aliphatic heterocycles. The first kappa shape index (κ1) is 19.6. The van der Waals surface area contributed by atoms with Crippen molar-refractivity contribution in [3.8, 4) is 5.75 Å². The van der Waals surface area contributed by atoms with Crippen LogP contribution in [-0.4, -0.2) is 18.8 Å². The Bertz CT molecular complexity index is 863. The molecule has 1 amide bonds. The number of benzene rings is 2. The molecular weight excluding hydrogens is 406 g/mol. The predicted octanol–water partition coefficient (Wildman–Crippen LogP) is 4.79. The third kappa shape index (κ3) is 4.78. The Morgan fingerprint density at radius 3 is 2.63 bits per heavy atom. The molecule has 27 heavy (non-hydrogen) atoms. The van der Waals surface area contributed by atoms with Gasteiger partial charge in [-0.2, -0.15) is 0 Å². The van der Waals surface area contributed by atoms with Gasteiger partial charge in [-0.1, -0.05) is 18.2 Å². The third-order valence-corrected chi connectivity index (χ3v) is 5.67. The number of aryl methyl sites for hydroxylation is 2. The molecule has 0 saturated carbocycles. The molecule has 142 valence electrons. The second-order valence-electron chi connectivity index (χ2n) is 6.94. The molecule has 0 spiro atoms. The molecular formula is C22H24BrNO3. The van der Waals surface area contributed by atoms with Crippen molar-refractivity contribution in [3.05, 3.63) is 63.1 Å². The van der Waals surface area contributed by atoms with Gasteiger partial charge >= 0.3 is 0 Å². The van der Waals surface area contributed by atoms with E-state index in [4.69, 9.17) is 4.74 Å². The highest BCUT2D eigenvalue weighted by Gasteiger charge is 2.16. The fourth-order valence-electron chi connectivity index (χ4n) is 3.47. The second-order valence-corrected chi connectivity index (χ2v) is 7.80. The Kier molecular flexibility index (Phi) is 6.32. The second kappa shape index (κ2) is 8.70. The average Bonchev–Trinajstić information content (AvgIpc) is 3.13. The van der Waals surface area contributed by atoms with Crippen LogP contribution in [0.25, 0.3) is 0 Å². The number of carbonyl (C=O) groups excluding carboxylic acids is 2. The van der Waals surface area contributed by atoms with Crippen LogP contribution >= 0.6 is 15.9 Å². The quantitative estimate of drug-likeness (QED) is 0.643. The van der Waals surface area contributed by atoms with Crippen molar-refractivity contribution in [2.45, 2.75) is 45.1 Å². The van der Waals surface area contributed by atoms with E-state index in [1.807, 2.05) is 37.3 Å². The van der Waals surface area contributed by atoms with Gasteiger partial charge in [0, 0.05) is 18.4 Å². The van der Waals surface area contributed by atoms with Crippen LogP contribution in [0, 0.1) is 0 Å². The van der Waals surface area contributed by atoms with Gasteiger partial charge in [0.05, 0.1) is 17.6 Å². The lowest BCUT2D eigenvalue weighted by atomic mass is 10.0. The maximum Gasteiger partial charge on any atom is 0.220 e. The largest absolute Gasteiger partial charge is 0.496 e. The van der Waals surface area contributed by atoms with Gasteiger partial charge in [-0.15, -0.1) is 0 Å². The van der Waals surface area contributed by atoms with E-state index in [1.165, 1.54) is 11.1 Å². The zero-order valence-corrected chi connectivity index (χ0v) is 17.3. The van der Waals surface area contributed by atoms with Crippen LogP contribution < -0.4 is 10.1 Å². The van der Waals surface area contributed by atoms with Gasteiger partial charge in [-0.3, -0.25) is 9.59 Å². The number of methoxy groups -OCH3 is 1. The summed E-state index contributed by atoms with van der Waals surface area (Å²) >= 11 is 3.46. The standard InChI is InChI=1S/C22H24BrNO3/c1-14(16-8-10-21(27-2)19(23)13-16)24-22(26)11-9-20(25)18-7-6-15-4-3-5-17(15)12-18/h6-8,10,12-14H,3-5,9,11H2,1-2H3,(H,24,26). The smallest absolute Gasteiger partial charge is 0.220 e. The molecule has 0 fully saturated rings. The summed E-state index contributed by atoms with van der Waals surface area (Å²) in [5.41, 5.74) is 4.32. The highest BCUT2D eigenvalue weighted by Crippen LogP contribution is 2.28. The Morgan fingerprint density at radius 1 is 1.11 bits per heavy atom. The molecule has 0 radical (unpaired) electrons. The maximum absolute atomic E-state index is 12.4. The molecule has 0 heterocycles. The molecule has 2 aromatic carbocycles. The van der Waals surface area contributed by atoms with Crippen molar-refractivity contribution in [1.29, 1.82) is 0 Å². The van der Waals surface area contributed by atoms with Gasteiger partial charge < -0.3 is 10.1 Å². The number of ether oxygens (including phenoxy) is 1. The van der Waals surface area contributed by atoms with Crippen molar-refractivity contribution in [3.63, 3.8) is 0 Å². The summed E-state index contributed by atoms with van der Waals surface area (Å²) in [7, 11) is 1.61. The molecule has 0 aromatic heterocycles. The first-order valence-electron chi connectivity index (χ1n) is 9.25. The van der Waals surface area contributed by atoms with Gasteiger partial charge in [-0.25, -0.2) is 0 Å². The topological polar surface area (TPSA) is 55.4 Å². The van der Waals surface area contributed by atoms with E-state index in [9.17, 15) is 9.59 Å². The number of fused-ring (bicyclic) bond motifs is 1. The number of carbonyl (C=O) groups is 2. The number of hydrogen-bond donors (Lipinski definition) is 1. The molecule has 2 aromatic rings. The Morgan fingerprint density at radius 2 is 1.89 bits per heavy atom. The summed E-state index contributed by atoms with van der Waals surface area (Å²) in [5.74, 6) is 0.654. The van der Waals surface area contributed by atoms with Crippen molar-refractivity contribution in [1.82, 2.24) is 5.32 Å². The zero-order valence-electron chi connectivity index (χ0n) is 15.7.